The molecule has 15 heavy (non-hydrogen) atoms. The maximum Gasteiger partial charge on any atom is 0.325 e. The topological polar surface area (TPSA) is 72.5 Å². The van der Waals surface area contributed by atoms with Crippen LogP contribution >= 0.6 is 15.9 Å². The smallest absolute Gasteiger partial charge is 0.325 e. The number of methoxy groups -OCH3 is 1. The Balaban J connectivity index is 3.32. The second kappa shape index (κ2) is 4.63. The number of rotatable bonds is 3. The SMILES string of the molecule is COc1c(Br)cc(C)cc1C(N)C(=O)O. The molecule has 0 aromatic heterocycles. The third-order valence-electron chi connectivity index (χ3n) is 2.02. The van der Waals surface area contributed by atoms with Gasteiger partial charge in [-0.15, -0.1) is 0 Å². The van der Waals surface area contributed by atoms with Gasteiger partial charge in [0.1, 0.15) is 11.8 Å². The molecule has 1 unspecified atom stereocenters. The third-order valence-corrected chi connectivity index (χ3v) is 2.61. The molecule has 0 bridgehead atoms. The molecule has 1 atom stereocenters. The zero-order valence-corrected chi connectivity index (χ0v) is 10.0. The Morgan fingerprint density at radius 2 is 2.20 bits per heavy atom. The molecule has 3 N–H and O–H groups in total. The Hall–Kier alpha value is -1.07. The van der Waals surface area contributed by atoms with Crippen molar-refractivity contribution in [1.29, 1.82) is 0 Å². The Morgan fingerprint density at radius 1 is 1.60 bits per heavy atom. The number of carboxylic acids is 1. The quantitative estimate of drug-likeness (QED) is 0.882. The molecule has 1 aromatic rings. The number of hydrogen-bond acceptors (Lipinski definition) is 3. The molecule has 1 aromatic carbocycles. The van der Waals surface area contributed by atoms with E-state index in [2.05, 4.69) is 15.9 Å². The fourth-order valence-corrected chi connectivity index (χ4v) is 2.09. The second-order valence-corrected chi connectivity index (χ2v) is 4.04. The van der Waals surface area contributed by atoms with E-state index >= 15 is 0 Å². The molecule has 0 spiro atoms. The van der Waals surface area contributed by atoms with E-state index in [-0.39, 0.29) is 0 Å². The highest BCUT2D eigenvalue weighted by molar-refractivity contribution is 9.10. The standard InChI is InChI=1S/C10H12BrNO3/c1-5-3-6(8(12)10(13)14)9(15-2)7(11)4-5/h3-4,8H,12H2,1-2H3,(H,13,14). The fourth-order valence-electron chi connectivity index (χ4n) is 1.34. The summed E-state index contributed by atoms with van der Waals surface area (Å²) in [6.07, 6.45) is 0. The van der Waals surface area contributed by atoms with Crippen molar-refractivity contribution in [1.82, 2.24) is 0 Å². The van der Waals surface area contributed by atoms with Crippen LogP contribution in [0.5, 0.6) is 5.75 Å². The number of ether oxygens (including phenoxy) is 1. The van der Waals surface area contributed by atoms with Gasteiger partial charge in [0.15, 0.2) is 0 Å². The van der Waals surface area contributed by atoms with Crippen molar-refractivity contribution in [2.24, 2.45) is 5.73 Å². The Labute approximate surface area is 96.2 Å². The van der Waals surface area contributed by atoms with Crippen LogP contribution in [0.4, 0.5) is 0 Å². The first-order valence-corrected chi connectivity index (χ1v) is 5.09. The minimum atomic E-state index is -1.08. The number of benzene rings is 1. The molecule has 0 saturated heterocycles. The van der Waals surface area contributed by atoms with Gasteiger partial charge in [0.25, 0.3) is 0 Å². The first kappa shape index (κ1) is 12.0. The van der Waals surface area contributed by atoms with E-state index < -0.39 is 12.0 Å². The van der Waals surface area contributed by atoms with Gasteiger partial charge in [-0.3, -0.25) is 4.79 Å². The Bertz CT molecular complexity index is 392. The van der Waals surface area contributed by atoms with E-state index in [4.69, 9.17) is 15.6 Å². The molecule has 0 amide bonds. The lowest BCUT2D eigenvalue weighted by atomic mass is 10.0. The van der Waals surface area contributed by atoms with Gasteiger partial charge >= 0.3 is 5.97 Å². The second-order valence-electron chi connectivity index (χ2n) is 3.19. The minimum absolute atomic E-state index is 0.468. The summed E-state index contributed by atoms with van der Waals surface area (Å²) in [5.41, 5.74) is 6.95. The van der Waals surface area contributed by atoms with E-state index in [0.717, 1.165) is 5.56 Å². The van der Waals surface area contributed by atoms with Crippen LogP contribution in [0.1, 0.15) is 17.2 Å². The van der Waals surface area contributed by atoms with Crippen molar-refractivity contribution in [3.05, 3.63) is 27.7 Å². The molecule has 0 aliphatic heterocycles. The Morgan fingerprint density at radius 3 is 2.67 bits per heavy atom. The van der Waals surface area contributed by atoms with E-state index in [1.54, 1.807) is 6.07 Å². The monoisotopic (exact) mass is 273 g/mol. The zero-order chi connectivity index (χ0) is 11.6. The molecular weight excluding hydrogens is 262 g/mol. The molecule has 4 nitrogen and oxygen atoms in total. The summed E-state index contributed by atoms with van der Waals surface area (Å²) in [5, 5.41) is 8.84. The highest BCUT2D eigenvalue weighted by atomic mass is 79.9. The maximum atomic E-state index is 10.8. The van der Waals surface area contributed by atoms with Crippen molar-refractivity contribution in [3.63, 3.8) is 0 Å². The third kappa shape index (κ3) is 2.49. The van der Waals surface area contributed by atoms with Crippen molar-refractivity contribution < 1.29 is 14.6 Å². The van der Waals surface area contributed by atoms with E-state index in [1.165, 1.54) is 7.11 Å². The zero-order valence-electron chi connectivity index (χ0n) is 8.45. The van der Waals surface area contributed by atoms with Crippen molar-refractivity contribution >= 4 is 21.9 Å². The summed E-state index contributed by atoms with van der Waals surface area (Å²) < 4.78 is 5.82. The van der Waals surface area contributed by atoms with Crippen LogP contribution in [-0.2, 0) is 4.79 Å². The van der Waals surface area contributed by atoms with Gasteiger partial charge < -0.3 is 15.6 Å². The molecule has 0 saturated carbocycles. The van der Waals surface area contributed by atoms with E-state index in [9.17, 15) is 4.79 Å². The molecule has 0 heterocycles. The van der Waals surface area contributed by atoms with Crippen LogP contribution in [0, 0.1) is 6.92 Å². The first-order valence-electron chi connectivity index (χ1n) is 4.29. The van der Waals surface area contributed by atoms with Gasteiger partial charge in [-0.05, 0) is 34.5 Å². The molecule has 0 aliphatic rings. The highest BCUT2D eigenvalue weighted by Gasteiger charge is 2.20. The number of carboxylic acid groups (broad SMARTS) is 1. The van der Waals surface area contributed by atoms with Crippen LogP contribution in [-0.4, -0.2) is 18.2 Å². The molecule has 5 heteroatoms. The summed E-state index contributed by atoms with van der Waals surface area (Å²) in [4.78, 5) is 10.8. The number of carbonyl (C=O) groups is 1. The molecular formula is C10H12BrNO3. The number of aryl methyl sites for hydroxylation is 1. The molecule has 1 rings (SSSR count). The number of hydrogen-bond donors (Lipinski definition) is 2. The van der Waals surface area contributed by atoms with Gasteiger partial charge in [-0.25, -0.2) is 0 Å². The number of nitrogens with two attached hydrogens (primary N) is 1. The molecule has 0 radical (unpaired) electrons. The van der Waals surface area contributed by atoms with Gasteiger partial charge in [0.05, 0.1) is 11.6 Å². The summed E-state index contributed by atoms with van der Waals surface area (Å²) >= 11 is 3.30. The number of aliphatic carboxylic acids is 1. The van der Waals surface area contributed by atoms with Gasteiger partial charge in [-0.1, -0.05) is 6.07 Å². The van der Waals surface area contributed by atoms with Gasteiger partial charge in [0.2, 0.25) is 0 Å². The molecule has 82 valence electrons. The van der Waals surface area contributed by atoms with Crippen LogP contribution < -0.4 is 10.5 Å². The Kier molecular flexibility index (Phi) is 3.71. The normalized spacial score (nSPS) is 12.3. The van der Waals surface area contributed by atoms with Crippen LogP contribution in [0.15, 0.2) is 16.6 Å². The fraction of sp³-hybridized carbons (Fsp3) is 0.300. The average molecular weight is 274 g/mol. The van der Waals surface area contributed by atoms with Gasteiger partial charge in [-0.2, -0.15) is 0 Å². The summed E-state index contributed by atoms with van der Waals surface area (Å²) in [6.45, 7) is 1.86. The summed E-state index contributed by atoms with van der Waals surface area (Å²) in [7, 11) is 1.48. The minimum Gasteiger partial charge on any atom is -0.495 e. The molecule has 0 fully saturated rings. The predicted molar refractivity (Wildman–Crippen MR) is 60.0 cm³/mol. The lowest BCUT2D eigenvalue weighted by Crippen LogP contribution is -2.21. The van der Waals surface area contributed by atoms with Crippen molar-refractivity contribution in [2.75, 3.05) is 7.11 Å². The molecule has 0 aliphatic carbocycles. The first-order chi connectivity index (χ1) is 6.97. The largest absolute Gasteiger partial charge is 0.495 e. The van der Waals surface area contributed by atoms with Crippen molar-refractivity contribution in [3.8, 4) is 5.75 Å². The van der Waals surface area contributed by atoms with Crippen LogP contribution in [0.25, 0.3) is 0 Å². The lowest BCUT2D eigenvalue weighted by molar-refractivity contribution is -0.138. The summed E-state index contributed by atoms with van der Waals surface area (Å²) in [5.74, 6) is -0.610. The van der Waals surface area contributed by atoms with Gasteiger partial charge in [0, 0.05) is 5.56 Å². The lowest BCUT2D eigenvalue weighted by Gasteiger charge is -2.14. The highest BCUT2D eigenvalue weighted by Crippen LogP contribution is 2.33. The summed E-state index contributed by atoms with van der Waals surface area (Å²) in [6, 6.07) is 2.48. The van der Waals surface area contributed by atoms with Crippen LogP contribution in [0.3, 0.4) is 0 Å². The van der Waals surface area contributed by atoms with E-state index in [0.29, 0.717) is 15.8 Å². The maximum absolute atomic E-state index is 10.8. The number of halogens is 1. The van der Waals surface area contributed by atoms with Crippen molar-refractivity contribution in [2.45, 2.75) is 13.0 Å². The predicted octanol–water partition coefficient (Wildman–Crippen LogP) is 1.85. The van der Waals surface area contributed by atoms with Crippen LogP contribution in [0.2, 0.25) is 0 Å². The van der Waals surface area contributed by atoms with E-state index in [1.807, 2.05) is 13.0 Å². The average Bonchev–Trinajstić information content (AvgIpc) is 2.15.